The lowest BCUT2D eigenvalue weighted by molar-refractivity contribution is -0.137. The van der Waals surface area contributed by atoms with Gasteiger partial charge in [-0.2, -0.15) is 0 Å². The van der Waals surface area contributed by atoms with E-state index < -0.39 is 0 Å². The summed E-state index contributed by atoms with van der Waals surface area (Å²) in [4.78, 5) is 15.1. The molecular weight excluding hydrogens is 334 g/mol. The van der Waals surface area contributed by atoms with Gasteiger partial charge in [-0.15, -0.1) is 10.2 Å². The van der Waals surface area contributed by atoms with Crippen molar-refractivity contribution in [2.45, 2.75) is 56.9 Å². The Morgan fingerprint density at radius 1 is 1.16 bits per heavy atom. The Kier molecular flexibility index (Phi) is 4.19. The van der Waals surface area contributed by atoms with Crippen molar-refractivity contribution >= 4 is 34.5 Å². The monoisotopic (exact) mass is 357 g/mol. The number of carbonyl (C=O) groups is 1. The second-order valence-electron chi connectivity index (χ2n) is 6.83. The molecule has 1 aromatic carbocycles. The van der Waals surface area contributed by atoms with Gasteiger partial charge in [-0.25, -0.2) is 0 Å². The van der Waals surface area contributed by atoms with E-state index >= 15 is 0 Å². The third-order valence-electron chi connectivity index (χ3n) is 5.23. The van der Waals surface area contributed by atoms with Gasteiger partial charge >= 0.3 is 0 Å². The number of piperidine rings is 1. The Balaban J connectivity index is 1.78. The molecule has 132 valence electrons. The number of benzene rings is 1. The minimum Gasteiger partial charge on any atom is -0.336 e. The van der Waals surface area contributed by atoms with Gasteiger partial charge in [0.15, 0.2) is 5.16 Å². The molecule has 0 aliphatic carbocycles. The second-order valence-corrected chi connectivity index (χ2v) is 7.60. The molecule has 0 unspecified atom stereocenters. The molecule has 1 aliphatic heterocycles. The number of likely N-dealkylation sites (tertiary alicyclic amines) is 1. The summed E-state index contributed by atoms with van der Waals surface area (Å²) in [6, 6.07) is 8.71. The predicted molar refractivity (Wildman–Crippen MR) is 99.9 cm³/mol. The van der Waals surface area contributed by atoms with Crippen molar-refractivity contribution < 1.29 is 4.79 Å². The zero-order valence-electron chi connectivity index (χ0n) is 14.8. The molecule has 2 atom stereocenters. The Hall–Kier alpha value is -2.02. The third kappa shape index (κ3) is 2.61. The van der Waals surface area contributed by atoms with Crippen LogP contribution < -0.4 is 0 Å². The van der Waals surface area contributed by atoms with Crippen LogP contribution in [-0.2, 0) is 11.3 Å². The van der Waals surface area contributed by atoms with Gasteiger partial charge in [-0.3, -0.25) is 13.8 Å². The lowest BCUT2D eigenvalue weighted by Gasteiger charge is -2.39. The number of carbonyl (C=O) groups excluding carboxylic acids is 1. The summed E-state index contributed by atoms with van der Waals surface area (Å²) in [5.74, 6) is 0.896. The van der Waals surface area contributed by atoms with Crippen molar-refractivity contribution in [3.8, 4) is 0 Å². The van der Waals surface area contributed by atoms with Gasteiger partial charge in [0.1, 0.15) is 6.54 Å². The fourth-order valence-electron chi connectivity index (χ4n) is 4.05. The van der Waals surface area contributed by atoms with Crippen LogP contribution in [0.4, 0.5) is 0 Å². The molecule has 1 aliphatic rings. The van der Waals surface area contributed by atoms with Gasteiger partial charge in [-0.05, 0) is 51.5 Å². The lowest BCUT2D eigenvalue weighted by atomic mass is 9.97. The van der Waals surface area contributed by atoms with Crippen LogP contribution in [0.2, 0.25) is 0 Å². The SMILES string of the molecule is CSc1nnc2n(CC(=O)N3[C@H](C)CCC[C@@H]3C)c3ccccc3n12. The highest BCUT2D eigenvalue weighted by Gasteiger charge is 2.30. The van der Waals surface area contributed by atoms with Crippen LogP contribution in [0.3, 0.4) is 0 Å². The average molecular weight is 357 g/mol. The summed E-state index contributed by atoms with van der Waals surface area (Å²) >= 11 is 1.56. The van der Waals surface area contributed by atoms with E-state index in [0.29, 0.717) is 18.6 Å². The van der Waals surface area contributed by atoms with Crippen LogP contribution in [-0.4, -0.2) is 48.3 Å². The highest BCUT2D eigenvalue weighted by Crippen LogP contribution is 2.27. The number of thioether (sulfide) groups is 1. The molecule has 1 saturated heterocycles. The summed E-state index contributed by atoms with van der Waals surface area (Å²) in [6.07, 6.45) is 5.35. The Morgan fingerprint density at radius 2 is 1.84 bits per heavy atom. The van der Waals surface area contributed by atoms with Gasteiger partial charge in [-0.1, -0.05) is 23.9 Å². The van der Waals surface area contributed by atoms with Crippen LogP contribution in [0.25, 0.3) is 16.8 Å². The molecule has 6 nitrogen and oxygen atoms in total. The molecule has 1 fully saturated rings. The molecule has 0 radical (unpaired) electrons. The van der Waals surface area contributed by atoms with E-state index in [1.54, 1.807) is 11.8 Å². The van der Waals surface area contributed by atoms with Crippen molar-refractivity contribution in [3.63, 3.8) is 0 Å². The van der Waals surface area contributed by atoms with E-state index in [4.69, 9.17) is 0 Å². The number of imidazole rings is 1. The summed E-state index contributed by atoms with van der Waals surface area (Å²) in [7, 11) is 0. The summed E-state index contributed by atoms with van der Waals surface area (Å²) < 4.78 is 4.04. The van der Waals surface area contributed by atoms with Gasteiger partial charge in [0, 0.05) is 12.1 Å². The zero-order chi connectivity index (χ0) is 17.6. The largest absolute Gasteiger partial charge is 0.336 e. The van der Waals surface area contributed by atoms with Crippen LogP contribution in [0.5, 0.6) is 0 Å². The smallest absolute Gasteiger partial charge is 0.243 e. The maximum absolute atomic E-state index is 13.1. The van der Waals surface area contributed by atoms with Crippen LogP contribution in [0, 0.1) is 0 Å². The molecule has 25 heavy (non-hydrogen) atoms. The standard InChI is InChI=1S/C18H23N5OS/c1-12-7-6-8-13(2)22(12)16(24)11-21-14-9-4-5-10-15(14)23-17(21)19-20-18(23)25-3/h4-5,9-10,12-13H,6-8,11H2,1-3H3/t12-,13+. The molecule has 0 spiro atoms. The summed E-state index contributed by atoms with van der Waals surface area (Å²) in [5, 5.41) is 9.46. The average Bonchev–Trinajstić information content (AvgIpc) is 3.14. The van der Waals surface area contributed by atoms with E-state index in [-0.39, 0.29) is 5.91 Å². The minimum absolute atomic E-state index is 0.164. The number of nitrogens with zero attached hydrogens (tertiary/aromatic N) is 5. The minimum atomic E-state index is 0.164. The van der Waals surface area contributed by atoms with Crippen molar-refractivity contribution in [1.82, 2.24) is 24.1 Å². The first-order valence-corrected chi connectivity index (χ1v) is 10.0. The first-order valence-electron chi connectivity index (χ1n) is 8.79. The second kappa shape index (κ2) is 6.37. The number of para-hydroxylation sites is 2. The van der Waals surface area contributed by atoms with Gasteiger partial charge in [0.25, 0.3) is 0 Å². The van der Waals surface area contributed by atoms with Crippen LogP contribution >= 0.6 is 11.8 Å². The Bertz CT molecular complexity index is 920. The van der Waals surface area contributed by atoms with Gasteiger partial charge < -0.3 is 4.90 Å². The summed E-state index contributed by atoms with van der Waals surface area (Å²) in [6.45, 7) is 4.61. The van der Waals surface area contributed by atoms with Crippen molar-refractivity contribution in [2.75, 3.05) is 6.26 Å². The van der Waals surface area contributed by atoms with Crippen LogP contribution in [0.1, 0.15) is 33.1 Å². The van der Waals surface area contributed by atoms with E-state index in [1.807, 2.05) is 33.4 Å². The molecule has 3 heterocycles. The van der Waals surface area contributed by atoms with Crippen molar-refractivity contribution in [2.24, 2.45) is 0 Å². The Labute approximate surface area is 151 Å². The fourth-order valence-corrected chi connectivity index (χ4v) is 4.54. The number of rotatable bonds is 3. The highest BCUT2D eigenvalue weighted by atomic mass is 32.2. The van der Waals surface area contributed by atoms with E-state index in [2.05, 4.69) is 35.0 Å². The lowest BCUT2D eigenvalue weighted by Crippen LogP contribution is -2.48. The number of fused-ring (bicyclic) bond motifs is 3. The first kappa shape index (κ1) is 16.4. The maximum atomic E-state index is 13.1. The zero-order valence-corrected chi connectivity index (χ0v) is 15.7. The third-order valence-corrected chi connectivity index (χ3v) is 5.86. The molecule has 3 aromatic rings. The van der Waals surface area contributed by atoms with Crippen LogP contribution in [0.15, 0.2) is 29.4 Å². The quantitative estimate of drug-likeness (QED) is 0.676. The van der Waals surface area contributed by atoms with Gasteiger partial charge in [0.05, 0.1) is 11.0 Å². The molecule has 4 rings (SSSR count). The topological polar surface area (TPSA) is 55.4 Å². The fraction of sp³-hybridized carbons (Fsp3) is 0.500. The number of amides is 1. The Morgan fingerprint density at radius 3 is 2.52 bits per heavy atom. The number of hydrogen-bond donors (Lipinski definition) is 0. The first-order chi connectivity index (χ1) is 12.1. The molecule has 0 N–H and O–H groups in total. The highest BCUT2D eigenvalue weighted by molar-refractivity contribution is 7.98. The molecule has 7 heteroatoms. The number of hydrogen-bond acceptors (Lipinski definition) is 4. The van der Waals surface area contributed by atoms with E-state index in [1.165, 1.54) is 6.42 Å². The molecule has 0 saturated carbocycles. The van der Waals surface area contributed by atoms with Crippen molar-refractivity contribution in [3.05, 3.63) is 24.3 Å². The normalized spacial score (nSPS) is 21.3. The molecule has 1 amide bonds. The summed E-state index contributed by atoms with van der Waals surface area (Å²) in [5.41, 5.74) is 2.06. The van der Waals surface area contributed by atoms with Crippen molar-refractivity contribution in [1.29, 1.82) is 0 Å². The predicted octanol–water partition coefficient (Wildman–Crippen LogP) is 3.20. The molecular formula is C18H23N5OS. The van der Waals surface area contributed by atoms with Gasteiger partial charge in [0.2, 0.25) is 11.7 Å². The maximum Gasteiger partial charge on any atom is 0.243 e. The van der Waals surface area contributed by atoms with E-state index in [9.17, 15) is 4.79 Å². The number of aromatic nitrogens is 4. The molecule has 0 bridgehead atoms. The molecule has 2 aromatic heterocycles. The van der Waals surface area contributed by atoms with E-state index in [0.717, 1.165) is 34.8 Å².